The first-order valence-electron chi connectivity index (χ1n) is 8.82. The van der Waals surface area contributed by atoms with Crippen LogP contribution in [0, 0.1) is 0 Å². The molecule has 3 rings (SSSR count). The highest BCUT2D eigenvalue weighted by atomic mass is 35.5. The summed E-state index contributed by atoms with van der Waals surface area (Å²) in [5.41, 5.74) is 2.67. The molecule has 0 fully saturated rings. The summed E-state index contributed by atoms with van der Waals surface area (Å²) in [6, 6.07) is 13.1. The lowest BCUT2D eigenvalue weighted by Crippen LogP contribution is -2.12. The Bertz CT molecular complexity index is 900. The van der Waals surface area contributed by atoms with Crippen molar-refractivity contribution in [2.24, 2.45) is 0 Å². The molecular formula is C21H22ClN3O2. The van der Waals surface area contributed by atoms with Gasteiger partial charge in [-0.05, 0) is 42.3 Å². The van der Waals surface area contributed by atoms with Crippen molar-refractivity contribution in [3.05, 3.63) is 65.4 Å². The number of halogens is 1. The van der Waals surface area contributed by atoms with Crippen molar-refractivity contribution >= 4 is 17.4 Å². The Balaban J connectivity index is 1.86. The van der Waals surface area contributed by atoms with E-state index in [9.17, 15) is 5.11 Å². The van der Waals surface area contributed by atoms with E-state index >= 15 is 0 Å². The number of hydrogen-bond acceptors (Lipinski definition) is 5. The lowest BCUT2D eigenvalue weighted by molar-refractivity contribution is 0.373. The summed E-state index contributed by atoms with van der Waals surface area (Å²) in [6.45, 7) is 2.15. The number of nitrogens with one attached hydrogen (secondary N) is 1. The van der Waals surface area contributed by atoms with Gasteiger partial charge in [0.05, 0.1) is 31.2 Å². The van der Waals surface area contributed by atoms with E-state index in [1.54, 1.807) is 30.6 Å². The zero-order chi connectivity index (χ0) is 19.2. The standard InChI is InChI=1S/C21H22ClN3O2/c1-3-4-17(14-5-8-16(22)9-6-14)24-21-13-23-12-18(25-21)15-7-10-19(26)20(11-15)27-2/h5-13,17,26H,3-4H2,1-2H3,(H,24,25)/t17-/m0/s1. The van der Waals surface area contributed by atoms with E-state index in [0.29, 0.717) is 17.3 Å². The molecule has 2 N–H and O–H groups in total. The zero-order valence-corrected chi connectivity index (χ0v) is 16.1. The fraction of sp³-hybridized carbons (Fsp3) is 0.238. The van der Waals surface area contributed by atoms with E-state index < -0.39 is 0 Å². The number of aromatic nitrogens is 2. The van der Waals surface area contributed by atoms with Gasteiger partial charge in [-0.1, -0.05) is 37.1 Å². The molecule has 1 heterocycles. The smallest absolute Gasteiger partial charge is 0.161 e. The van der Waals surface area contributed by atoms with Crippen LogP contribution in [0.25, 0.3) is 11.3 Å². The zero-order valence-electron chi connectivity index (χ0n) is 15.3. The van der Waals surface area contributed by atoms with Crippen LogP contribution in [-0.4, -0.2) is 22.2 Å². The van der Waals surface area contributed by atoms with Crippen molar-refractivity contribution in [1.82, 2.24) is 9.97 Å². The van der Waals surface area contributed by atoms with E-state index in [-0.39, 0.29) is 11.8 Å². The summed E-state index contributed by atoms with van der Waals surface area (Å²) in [4.78, 5) is 8.99. The van der Waals surface area contributed by atoms with Crippen molar-refractivity contribution in [2.75, 3.05) is 12.4 Å². The van der Waals surface area contributed by atoms with E-state index in [4.69, 9.17) is 16.3 Å². The molecule has 0 spiro atoms. The second-order valence-electron chi connectivity index (χ2n) is 6.21. The third-order valence-electron chi connectivity index (χ3n) is 4.28. The molecule has 1 atom stereocenters. The summed E-state index contributed by atoms with van der Waals surface area (Å²) in [7, 11) is 1.52. The van der Waals surface area contributed by atoms with Gasteiger partial charge in [0.1, 0.15) is 5.82 Å². The summed E-state index contributed by atoms with van der Waals surface area (Å²) in [6.07, 6.45) is 5.39. The molecule has 0 saturated heterocycles. The molecular weight excluding hydrogens is 362 g/mol. The number of hydrogen-bond donors (Lipinski definition) is 2. The van der Waals surface area contributed by atoms with Gasteiger partial charge < -0.3 is 15.2 Å². The van der Waals surface area contributed by atoms with Gasteiger partial charge in [0, 0.05) is 10.6 Å². The van der Waals surface area contributed by atoms with Gasteiger partial charge in [-0.2, -0.15) is 0 Å². The third-order valence-corrected chi connectivity index (χ3v) is 4.53. The second kappa shape index (κ2) is 8.73. The Morgan fingerprint density at radius 1 is 1.15 bits per heavy atom. The normalized spacial score (nSPS) is 11.8. The summed E-state index contributed by atoms with van der Waals surface area (Å²) in [5, 5.41) is 14.0. The highest BCUT2D eigenvalue weighted by Crippen LogP contribution is 2.31. The number of phenols is 1. The predicted octanol–water partition coefficient (Wildman–Crippen LogP) is 5.46. The lowest BCUT2D eigenvalue weighted by Gasteiger charge is -2.19. The third kappa shape index (κ3) is 4.68. The SMILES string of the molecule is CCC[C@H](Nc1cncc(-c2ccc(O)c(OC)c2)n1)c1ccc(Cl)cc1. The van der Waals surface area contributed by atoms with Crippen LogP contribution >= 0.6 is 11.6 Å². The van der Waals surface area contributed by atoms with Crippen LogP contribution in [0.1, 0.15) is 31.4 Å². The van der Waals surface area contributed by atoms with Gasteiger partial charge in [0.25, 0.3) is 0 Å². The van der Waals surface area contributed by atoms with E-state index in [0.717, 1.165) is 29.0 Å². The molecule has 0 aliphatic rings. The molecule has 3 aromatic rings. The monoisotopic (exact) mass is 383 g/mol. The maximum atomic E-state index is 9.78. The van der Waals surface area contributed by atoms with Crippen LogP contribution in [0.15, 0.2) is 54.9 Å². The molecule has 6 heteroatoms. The maximum Gasteiger partial charge on any atom is 0.161 e. The lowest BCUT2D eigenvalue weighted by atomic mass is 10.0. The first-order valence-corrected chi connectivity index (χ1v) is 9.20. The minimum Gasteiger partial charge on any atom is -0.504 e. The van der Waals surface area contributed by atoms with E-state index in [1.807, 2.05) is 24.3 Å². The molecule has 1 aromatic heterocycles. The summed E-state index contributed by atoms with van der Waals surface area (Å²) < 4.78 is 5.18. The van der Waals surface area contributed by atoms with Crippen LogP contribution in [0.5, 0.6) is 11.5 Å². The highest BCUT2D eigenvalue weighted by Gasteiger charge is 2.13. The second-order valence-corrected chi connectivity index (χ2v) is 6.65. The minimum absolute atomic E-state index is 0.0919. The van der Waals surface area contributed by atoms with Crippen molar-refractivity contribution < 1.29 is 9.84 Å². The summed E-state index contributed by atoms with van der Waals surface area (Å²) in [5.74, 6) is 1.18. The Hall–Kier alpha value is -2.79. The molecule has 0 radical (unpaired) electrons. The Labute approximate surface area is 164 Å². The van der Waals surface area contributed by atoms with Gasteiger partial charge in [0.15, 0.2) is 11.5 Å². The average Bonchev–Trinajstić information content (AvgIpc) is 2.69. The number of ether oxygens (including phenoxy) is 1. The Kier molecular flexibility index (Phi) is 6.14. The van der Waals surface area contributed by atoms with E-state index in [2.05, 4.69) is 22.2 Å². The Morgan fingerprint density at radius 2 is 1.93 bits per heavy atom. The quantitative estimate of drug-likeness (QED) is 0.566. The predicted molar refractivity (Wildman–Crippen MR) is 108 cm³/mol. The molecule has 2 aromatic carbocycles. The highest BCUT2D eigenvalue weighted by molar-refractivity contribution is 6.30. The van der Waals surface area contributed by atoms with Crippen molar-refractivity contribution in [3.63, 3.8) is 0 Å². The molecule has 0 saturated carbocycles. The number of anilines is 1. The van der Waals surface area contributed by atoms with Crippen molar-refractivity contribution in [1.29, 1.82) is 0 Å². The average molecular weight is 384 g/mol. The van der Waals surface area contributed by atoms with Crippen molar-refractivity contribution in [2.45, 2.75) is 25.8 Å². The van der Waals surface area contributed by atoms with Gasteiger partial charge in [0.2, 0.25) is 0 Å². The van der Waals surface area contributed by atoms with Gasteiger partial charge >= 0.3 is 0 Å². The Morgan fingerprint density at radius 3 is 2.63 bits per heavy atom. The fourth-order valence-electron chi connectivity index (χ4n) is 2.90. The van der Waals surface area contributed by atoms with Gasteiger partial charge in [-0.3, -0.25) is 4.98 Å². The van der Waals surface area contributed by atoms with Gasteiger partial charge in [-0.25, -0.2) is 4.98 Å². The number of nitrogens with zero attached hydrogens (tertiary/aromatic N) is 2. The number of aromatic hydroxyl groups is 1. The molecule has 5 nitrogen and oxygen atoms in total. The summed E-state index contributed by atoms with van der Waals surface area (Å²) >= 11 is 6.01. The van der Waals surface area contributed by atoms with Crippen LogP contribution in [0.4, 0.5) is 5.82 Å². The van der Waals surface area contributed by atoms with Crippen LogP contribution < -0.4 is 10.1 Å². The fourth-order valence-corrected chi connectivity index (χ4v) is 3.02. The first kappa shape index (κ1) is 19.0. The molecule has 27 heavy (non-hydrogen) atoms. The number of phenolic OH excluding ortho intramolecular Hbond substituents is 1. The minimum atomic E-state index is 0.0919. The van der Waals surface area contributed by atoms with E-state index in [1.165, 1.54) is 7.11 Å². The largest absolute Gasteiger partial charge is 0.504 e. The number of methoxy groups -OCH3 is 1. The van der Waals surface area contributed by atoms with Crippen molar-refractivity contribution in [3.8, 4) is 22.8 Å². The molecule has 140 valence electrons. The van der Waals surface area contributed by atoms with Crippen LogP contribution in [0.2, 0.25) is 5.02 Å². The topological polar surface area (TPSA) is 67.3 Å². The molecule has 0 unspecified atom stereocenters. The molecule has 0 bridgehead atoms. The number of rotatable bonds is 7. The molecule has 0 amide bonds. The molecule has 0 aliphatic carbocycles. The van der Waals surface area contributed by atoms with Crippen LogP contribution in [-0.2, 0) is 0 Å². The number of benzene rings is 2. The van der Waals surface area contributed by atoms with Crippen LogP contribution in [0.3, 0.4) is 0 Å². The molecule has 0 aliphatic heterocycles. The van der Waals surface area contributed by atoms with Gasteiger partial charge in [-0.15, -0.1) is 0 Å². The first-order chi connectivity index (χ1) is 13.1. The maximum absolute atomic E-state index is 9.78.